The van der Waals surface area contributed by atoms with Gasteiger partial charge in [-0.1, -0.05) is 25.5 Å². The van der Waals surface area contributed by atoms with Crippen LogP contribution in [0.3, 0.4) is 0 Å². The first kappa shape index (κ1) is 31.4. The van der Waals surface area contributed by atoms with Gasteiger partial charge >= 0.3 is 0 Å². The summed E-state index contributed by atoms with van der Waals surface area (Å²) in [6.07, 6.45) is -4.19. The second-order valence-electron chi connectivity index (χ2n) is 13.5. The van der Waals surface area contributed by atoms with Gasteiger partial charge in [-0.15, -0.1) is 0 Å². The van der Waals surface area contributed by atoms with Gasteiger partial charge in [-0.3, -0.25) is 14.4 Å². The van der Waals surface area contributed by atoms with Crippen molar-refractivity contribution in [1.82, 2.24) is 5.32 Å². The number of aliphatic hydroxyl groups is 6. The van der Waals surface area contributed by atoms with Gasteiger partial charge in [-0.05, 0) is 50.5 Å². The fourth-order valence-corrected chi connectivity index (χ4v) is 9.39. The highest BCUT2D eigenvalue weighted by Gasteiger charge is 2.75. The summed E-state index contributed by atoms with van der Waals surface area (Å²) >= 11 is 0. The summed E-state index contributed by atoms with van der Waals surface area (Å²) in [5.41, 5.74) is -6.69. The van der Waals surface area contributed by atoms with Crippen LogP contribution in [0.1, 0.15) is 53.4 Å². The highest BCUT2D eigenvalue weighted by Crippen LogP contribution is 2.71. The van der Waals surface area contributed by atoms with Gasteiger partial charge in [-0.25, -0.2) is 4.39 Å². The van der Waals surface area contributed by atoms with E-state index in [0.717, 1.165) is 0 Å². The Kier molecular flexibility index (Phi) is 7.66. The standard InChI is InChI=1S/C30H42FNO10/c1-13-7-18-17-6-5-15-8-19(36)16(26-23(32-14(2)35)25(40)24(39)20(11-33)42-26)9-27(15,3)29(17,31)21(37)10-28(18,4)30(13,41)22(38)12-34/h8-9,13,17-18,20-21,23-26,33-34,37,39-41H,5-7,10-12H2,1-4H3,(H,32,35)/t13-,17+,18+,20-,21+,23-,24+,25-,26?,27+,28+,29+,30+/m1/s1. The molecule has 12 heteroatoms. The van der Waals surface area contributed by atoms with E-state index in [0.29, 0.717) is 18.4 Å². The van der Waals surface area contributed by atoms with Crippen molar-refractivity contribution in [2.45, 2.75) is 101 Å². The average Bonchev–Trinajstić information content (AvgIpc) is 3.13. The van der Waals surface area contributed by atoms with Crippen molar-refractivity contribution >= 4 is 17.5 Å². The molecular formula is C30H42FNO10. The molecule has 1 aliphatic heterocycles. The first-order chi connectivity index (χ1) is 19.5. The maximum absolute atomic E-state index is 18.0. The molecule has 42 heavy (non-hydrogen) atoms. The number of hydrogen-bond acceptors (Lipinski definition) is 10. The van der Waals surface area contributed by atoms with Crippen molar-refractivity contribution in [3.05, 3.63) is 23.3 Å². The van der Waals surface area contributed by atoms with Crippen LogP contribution in [0.4, 0.5) is 4.39 Å². The van der Waals surface area contributed by atoms with Crippen molar-refractivity contribution < 1.29 is 54.2 Å². The van der Waals surface area contributed by atoms with Gasteiger partial charge < -0.3 is 40.7 Å². The summed E-state index contributed by atoms with van der Waals surface area (Å²) < 4.78 is 23.8. The second kappa shape index (κ2) is 10.3. The fourth-order valence-electron chi connectivity index (χ4n) is 9.39. The topological polar surface area (TPSA) is 194 Å². The quantitative estimate of drug-likeness (QED) is 0.213. The van der Waals surface area contributed by atoms with Crippen LogP contribution in [0, 0.1) is 28.6 Å². The third kappa shape index (κ3) is 3.92. The van der Waals surface area contributed by atoms with E-state index in [1.807, 2.05) is 0 Å². The average molecular weight is 596 g/mol. The van der Waals surface area contributed by atoms with Crippen LogP contribution in [0.25, 0.3) is 0 Å². The molecule has 0 aromatic rings. The predicted octanol–water partition coefficient (Wildman–Crippen LogP) is -0.748. The molecule has 7 N–H and O–H groups in total. The van der Waals surface area contributed by atoms with Crippen molar-refractivity contribution in [2.24, 2.45) is 28.6 Å². The molecule has 11 nitrogen and oxygen atoms in total. The molecule has 5 aliphatic rings. The number of amides is 1. The molecule has 1 amide bonds. The minimum Gasteiger partial charge on any atom is -0.394 e. The Balaban J connectivity index is 1.60. The molecule has 0 aromatic heterocycles. The van der Waals surface area contributed by atoms with Crippen LogP contribution >= 0.6 is 0 Å². The van der Waals surface area contributed by atoms with E-state index in [1.54, 1.807) is 20.8 Å². The molecule has 1 unspecified atom stereocenters. The van der Waals surface area contributed by atoms with Crippen molar-refractivity contribution in [1.29, 1.82) is 0 Å². The normalized spacial score (nSPS) is 50.2. The zero-order valence-corrected chi connectivity index (χ0v) is 24.3. The van der Waals surface area contributed by atoms with Gasteiger partial charge in [0.15, 0.2) is 17.2 Å². The Bertz CT molecular complexity index is 1240. The molecule has 0 aromatic carbocycles. The molecule has 0 radical (unpaired) electrons. The van der Waals surface area contributed by atoms with Crippen molar-refractivity contribution in [3.63, 3.8) is 0 Å². The number of nitrogens with one attached hydrogen (secondary N) is 1. The third-order valence-electron chi connectivity index (χ3n) is 11.5. The number of Topliss-reactive ketones (excluding diaryl/α,β-unsaturated/α-hetero) is 1. The molecule has 3 saturated carbocycles. The molecule has 234 valence electrons. The van der Waals surface area contributed by atoms with E-state index in [1.165, 1.54) is 19.1 Å². The molecule has 0 spiro atoms. The molecule has 1 heterocycles. The number of fused-ring (bicyclic) bond motifs is 5. The van der Waals surface area contributed by atoms with Gasteiger partial charge in [0.05, 0.1) is 18.8 Å². The largest absolute Gasteiger partial charge is 0.394 e. The molecule has 5 rings (SSSR count). The van der Waals surface area contributed by atoms with Gasteiger partial charge in [-0.2, -0.15) is 0 Å². The zero-order chi connectivity index (χ0) is 31.2. The molecule has 0 bridgehead atoms. The van der Waals surface area contributed by atoms with Crippen LogP contribution in [0.2, 0.25) is 0 Å². The summed E-state index contributed by atoms with van der Waals surface area (Å²) in [7, 11) is 0. The number of carbonyl (C=O) groups excluding carboxylic acids is 3. The third-order valence-corrected chi connectivity index (χ3v) is 11.5. The number of halogens is 1. The Morgan fingerprint density at radius 1 is 1.14 bits per heavy atom. The fraction of sp³-hybridized carbons (Fsp3) is 0.767. The molecule has 1 saturated heterocycles. The molecular weight excluding hydrogens is 553 g/mol. The molecule has 4 fully saturated rings. The predicted molar refractivity (Wildman–Crippen MR) is 144 cm³/mol. The lowest BCUT2D eigenvalue weighted by Gasteiger charge is -2.63. The summed E-state index contributed by atoms with van der Waals surface area (Å²) in [4.78, 5) is 38.4. The smallest absolute Gasteiger partial charge is 0.217 e. The number of rotatable bonds is 5. The Labute approximate surface area is 243 Å². The Hall–Kier alpha value is -2.06. The summed E-state index contributed by atoms with van der Waals surface area (Å²) in [5, 5.41) is 66.6. The second-order valence-corrected chi connectivity index (χ2v) is 13.5. The summed E-state index contributed by atoms with van der Waals surface area (Å²) in [6.45, 7) is 4.56. The number of aliphatic hydroxyl groups excluding tert-OH is 5. The number of allylic oxidation sites excluding steroid dienone is 3. The lowest BCUT2D eigenvalue weighted by molar-refractivity contribution is -0.220. The van der Waals surface area contributed by atoms with Gasteiger partial charge in [0.2, 0.25) is 5.91 Å². The summed E-state index contributed by atoms with van der Waals surface area (Å²) in [5.74, 6) is -3.82. The highest BCUT2D eigenvalue weighted by atomic mass is 19.1. The van der Waals surface area contributed by atoms with E-state index in [-0.39, 0.29) is 18.4 Å². The number of ketones is 2. The van der Waals surface area contributed by atoms with E-state index < -0.39 is 107 Å². The minimum atomic E-state index is -2.34. The van der Waals surface area contributed by atoms with Gasteiger partial charge in [0.25, 0.3) is 0 Å². The van der Waals surface area contributed by atoms with Crippen LogP contribution in [0.5, 0.6) is 0 Å². The number of alkyl halides is 1. The van der Waals surface area contributed by atoms with E-state index in [4.69, 9.17) is 4.74 Å². The molecule has 13 atom stereocenters. The molecule has 4 aliphatic carbocycles. The minimum absolute atomic E-state index is 0.0886. The lowest BCUT2D eigenvalue weighted by atomic mass is 9.44. The number of hydrogen-bond donors (Lipinski definition) is 7. The number of ether oxygens (including phenoxy) is 1. The monoisotopic (exact) mass is 595 g/mol. The van der Waals surface area contributed by atoms with Gasteiger partial charge in [0, 0.05) is 29.2 Å². The van der Waals surface area contributed by atoms with Crippen molar-refractivity contribution in [2.75, 3.05) is 13.2 Å². The maximum Gasteiger partial charge on any atom is 0.217 e. The van der Waals surface area contributed by atoms with Crippen LogP contribution in [-0.4, -0.2) is 109 Å². The SMILES string of the molecule is CC(=O)N[C@H]1C(C2=C[C@@]3(C)C(=CC2=O)CC[C@H]2[C@@H]4C[C@@H](C)[C@](O)(C(=O)CO)[C@@]4(C)C[C@H](O)[C@@]23F)O[C@H](CO)[C@H](O)[C@@H]1O. The van der Waals surface area contributed by atoms with E-state index >= 15 is 4.39 Å². The lowest BCUT2D eigenvalue weighted by Crippen LogP contribution is -2.70. The Morgan fingerprint density at radius 2 is 1.81 bits per heavy atom. The zero-order valence-electron chi connectivity index (χ0n) is 24.3. The number of carbonyl (C=O) groups is 3. The van der Waals surface area contributed by atoms with Crippen LogP contribution in [0.15, 0.2) is 23.3 Å². The summed E-state index contributed by atoms with van der Waals surface area (Å²) in [6, 6.07) is -1.29. The van der Waals surface area contributed by atoms with Gasteiger partial charge in [0.1, 0.15) is 36.6 Å². The first-order valence-electron chi connectivity index (χ1n) is 14.6. The highest BCUT2D eigenvalue weighted by molar-refractivity contribution is 6.07. The van der Waals surface area contributed by atoms with Crippen molar-refractivity contribution in [3.8, 4) is 0 Å². The van der Waals surface area contributed by atoms with Crippen LogP contribution < -0.4 is 5.32 Å². The van der Waals surface area contributed by atoms with E-state index in [9.17, 15) is 45.0 Å². The first-order valence-corrected chi connectivity index (χ1v) is 14.6. The van der Waals surface area contributed by atoms with Crippen LogP contribution in [-0.2, 0) is 19.1 Å². The Morgan fingerprint density at radius 3 is 2.40 bits per heavy atom. The van der Waals surface area contributed by atoms with E-state index in [2.05, 4.69) is 5.32 Å². The maximum atomic E-state index is 18.0.